The first kappa shape index (κ1) is 24.0. The molecule has 4 aromatic rings. The van der Waals surface area contributed by atoms with Gasteiger partial charge in [0.15, 0.2) is 0 Å². The van der Waals surface area contributed by atoms with Crippen LogP contribution in [0, 0.1) is 6.92 Å². The summed E-state index contributed by atoms with van der Waals surface area (Å²) in [5.41, 5.74) is 5.08. The van der Waals surface area contributed by atoms with Crippen molar-refractivity contribution in [2.75, 3.05) is 0 Å². The molecule has 1 unspecified atom stereocenters. The lowest BCUT2D eigenvalue weighted by Gasteiger charge is -2.20. The molecule has 3 aromatic carbocycles. The number of rotatable bonds is 6. The van der Waals surface area contributed by atoms with Gasteiger partial charge in [-0.15, -0.1) is 0 Å². The van der Waals surface area contributed by atoms with Gasteiger partial charge < -0.3 is 0 Å². The Balaban J connectivity index is 1.64. The molecule has 6 nitrogen and oxygen atoms in total. The summed E-state index contributed by atoms with van der Waals surface area (Å²) in [6, 6.07) is 19.9. The van der Waals surface area contributed by atoms with Crippen molar-refractivity contribution < 1.29 is 13.2 Å². The molecule has 0 aliphatic rings. The Kier molecular flexibility index (Phi) is 6.55. The molecule has 0 saturated carbocycles. The molecule has 0 aliphatic heterocycles. The second-order valence-electron chi connectivity index (χ2n) is 9.50. The molecule has 0 radical (unpaired) electrons. The number of nitrogens with zero attached hydrogens (tertiary/aromatic N) is 2. The average molecular weight is 494 g/mol. The quantitative estimate of drug-likeness (QED) is 0.402. The Hall–Kier alpha value is -3.10. The summed E-state index contributed by atoms with van der Waals surface area (Å²) in [4.78, 5) is 13.4. The fraction of sp³-hybridized carbons (Fsp3) is 0.269. The minimum Gasteiger partial charge on any atom is -0.273 e. The Morgan fingerprint density at radius 1 is 0.941 bits per heavy atom. The largest absolute Gasteiger partial charge is 0.273 e. The molecule has 0 saturated heterocycles. The van der Waals surface area contributed by atoms with Crippen LogP contribution in [0.2, 0.25) is 0 Å². The second kappa shape index (κ2) is 9.27. The van der Waals surface area contributed by atoms with E-state index in [-0.39, 0.29) is 10.3 Å². The summed E-state index contributed by atoms with van der Waals surface area (Å²) < 4.78 is 36.9. The first-order valence-electron chi connectivity index (χ1n) is 11.0. The molecule has 8 heteroatoms. The molecule has 0 spiro atoms. The van der Waals surface area contributed by atoms with Crippen molar-refractivity contribution in [3.63, 3.8) is 0 Å². The van der Waals surface area contributed by atoms with E-state index in [1.807, 2.05) is 49.4 Å². The molecule has 1 amide bonds. The van der Waals surface area contributed by atoms with Gasteiger partial charge in [0.25, 0.3) is 10.0 Å². The van der Waals surface area contributed by atoms with E-state index in [1.54, 1.807) is 12.1 Å². The lowest BCUT2D eigenvalue weighted by atomic mass is 9.87. The van der Waals surface area contributed by atoms with Gasteiger partial charge in [0.05, 0.1) is 22.5 Å². The number of benzene rings is 3. The lowest BCUT2D eigenvalue weighted by molar-refractivity contribution is -0.120. The summed E-state index contributed by atoms with van der Waals surface area (Å²) >= 11 is 1.10. The third-order valence-electron chi connectivity index (χ3n) is 5.82. The van der Waals surface area contributed by atoms with E-state index in [4.69, 9.17) is 0 Å². The number of carbonyl (C=O) groups is 1. The van der Waals surface area contributed by atoms with E-state index in [1.165, 1.54) is 12.1 Å². The van der Waals surface area contributed by atoms with Crippen LogP contribution in [-0.4, -0.2) is 23.1 Å². The average Bonchev–Trinajstić information content (AvgIpc) is 3.26. The number of hydrogen-bond donors (Lipinski definition) is 1. The minimum absolute atomic E-state index is 0.0575. The number of fused-ring (bicyclic) bond motifs is 1. The molecule has 4 rings (SSSR count). The zero-order valence-electron chi connectivity index (χ0n) is 19.6. The number of aromatic nitrogens is 2. The molecule has 0 bridgehead atoms. The molecule has 176 valence electrons. The SMILES string of the molecule is Cc1ccc(CC(C(=O)NS(=O)(=O)c2ccc(C(C)(C)C)cc2)c2ccc3nsnc3c2)cc1. The van der Waals surface area contributed by atoms with Crippen LogP contribution in [0.1, 0.15) is 48.9 Å². The maximum Gasteiger partial charge on any atom is 0.264 e. The summed E-state index contributed by atoms with van der Waals surface area (Å²) in [6.07, 6.45) is 0.355. The summed E-state index contributed by atoms with van der Waals surface area (Å²) in [5.74, 6) is -1.29. The lowest BCUT2D eigenvalue weighted by Crippen LogP contribution is -2.35. The topological polar surface area (TPSA) is 89.0 Å². The van der Waals surface area contributed by atoms with E-state index in [9.17, 15) is 13.2 Å². The summed E-state index contributed by atoms with van der Waals surface area (Å²) in [7, 11) is -4.03. The zero-order valence-corrected chi connectivity index (χ0v) is 21.2. The standard InChI is InChI=1S/C26H27N3O3S2/c1-17-5-7-18(8-6-17)15-22(19-9-14-23-24(16-19)28-33-27-23)25(30)29-34(31,32)21-12-10-20(11-13-21)26(2,3)4/h5-14,16,22H,15H2,1-4H3,(H,29,30). The van der Waals surface area contributed by atoms with Gasteiger partial charge in [0.1, 0.15) is 11.0 Å². The van der Waals surface area contributed by atoms with Gasteiger partial charge in [-0.2, -0.15) is 8.75 Å². The molecule has 1 atom stereocenters. The van der Waals surface area contributed by atoms with Crippen molar-refractivity contribution in [3.8, 4) is 0 Å². The van der Waals surface area contributed by atoms with Gasteiger partial charge in [0, 0.05) is 0 Å². The molecule has 0 fully saturated rings. The maximum absolute atomic E-state index is 13.4. The van der Waals surface area contributed by atoms with E-state index >= 15 is 0 Å². The number of hydrogen-bond acceptors (Lipinski definition) is 6. The van der Waals surface area contributed by atoms with Crippen LogP contribution in [0.5, 0.6) is 0 Å². The predicted molar refractivity (Wildman–Crippen MR) is 136 cm³/mol. The van der Waals surface area contributed by atoms with Crippen LogP contribution in [0.4, 0.5) is 0 Å². The molecular formula is C26H27N3O3S2. The van der Waals surface area contributed by atoms with Crippen LogP contribution in [0.25, 0.3) is 11.0 Å². The molecule has 34 heavy (non-hydrogen) atoms. The van der Waals surface area contributed by atoms with Gasteiger partial charge in [-0.1, -0.05) is 68.8 Å². The van der Waals surface area contributed by atoms with Crippen molar-refractivity contribution in [2.24, 2.45) is 0 Å². The van der Waals surface area contributed by atoms with Gasteiger partial charge in [-0.3, -0.25) is 4.79 Å². The molecule has 0 aliphatic carbocycles. The highest BCUT2D eigenvalue weighted by Gasteiger charge is 2.27. The van der Waals surface area contributed by atoms with Gasteiger partial charge in [-0.25, -0.2) is 13.1 Å². The highest BCUT2D eigenvalue weighted by atomic mass is 32.2. The first-order chi connectivity index (χ1) is 16.0. The first-order valence-corrected chi connectivity index (χ1v) is 13.2. The molecule has 1 N–H and O–H groups in total. The summed E-state index contributed by atoms with van der Waals surface area (Å²) in [5, 5.41) is 0. The number of carbonyl (C=O) groups excluding carboxylic acids is 1. The van der Waals surface area contributed by atoms with E-state index < -0.39 is 21.8 Å². The fourth-order valence-electron chi connectivity index (χ4n) is 3.73. The Labute approximate surface area is 204 Å². The van der Waals surface area contributed by atoms with Crippen molar-refractivity contribution in [1.29, 1.82) is 0 Å². The molecular weight excluding hydrogens is 466 g/mol. The Morgan fingerprint density at radius 2 is 1.59 bits per heavy atom. The highest BCUT2D eigenvalue weighted by molar-refractivity contribution is 7.90. The normalized spacial score (nSPS) is 13.1. The van der Waals surface area contributed by atoms with Crippen molar-refractivity contribution >= 4 is 38.7 Å². The van der Waals surface area contributed by atoms with Crippen LogP contribution < -0.4 is 4.72 Å². The Morgan fingerprint density at radius 3 is 2.24 bits per heavy atom. The smallest absolute Gasteiger partial charge is 0.264 e. The Bertz CT molecular complexity index is 1420. The zero-order chi connectivity index (χ0) is 24.5. The van der Waals surface area contributed by atoms with E-state index in [0.29, 0.717) is 17.5 Å². The molecule has 1 heterocycles. The van der Waals surface area contributed by atoms with Crippen LogP contribution in [-0.2, 0) is 26.7 Å². The van der Waals surface area contributed by atoms with Crippen molar-refractivity contribution in [2.45, 2.75) is 50.3 Å². The second-order valence-corrected chi connectivity index (χ2v) is 11.7. The fourth-order valence-corrected chi connectivity index (χ4v) is 5.27. The van der Waals surface area contributed by atoms with E-state index in [0.717, 1.165) is 33.9 Å². The third-order valence-corrected chi connectivity index (χ3v) is 7.74. The number of sulfonamides is 1. The van der Waals surface area contributed by atoms with Gasteiger partial charge in [0.2, 0.25) is 5.91 Å². The van der Waals surface area contributed by atoms with Gasteiger partial charge in [-0.05, 0) is 59.7 Å². The third kappa shape index (κ3) is 5.34. The number of nitrogens with one attached hydrogen (secondary N) is 1. The van der Waals surface area contributed by atoms with Crippen LogP contribution in [0.3, 0.4) is 0 Å². The van der Waals surface area contributed by atoms with Crippen LogP contribution in [0.15, 0.2) is 71.6 Å². The minimum atomic E-state index is -4.03. The predicted octanol–water partition coefficient (Wildman–Crippen LogP) is 5.13. The van der Waals surface area contributed by atoms with Gasteiger partial charge >= 0.3 is 0 Å². The summed E-state index contributed by atoms with van der Waals surface area (Å²) in [6.45, 7) is 8.17. The highest BCUT2D eigenvalue weighted by Crippen LogP contribution is 2.27. The van der Waals surface area contributed by atoms with E-state index in [2.05, 4.69) is 34.2 Å². The van der Waals surface area contributed by atoms with Crippen molar-refractivity contribution in [3.05, 3.63) is 89.0 Å². The monoisotopic (exact) mass is 493 g/mol. The van der Waals surface area contributed by atoms with Crippen molar-refractivity contribution in [1.82, 2.24) is 13.5 Å². The number of aryl methyl sites for hydroxylation is 1. The van der Waals surface area contributed by atoms with Crippen LogP contribution >= 0.6 is 11.7 Å². The number of amides is 1. The molecule has 1 aromatic heterocycles. The maximum atomic E-state index is 13.4.